The Morgan fingerprint density at radius 2 is 1.27 bits per heavy atom. The number of rotatable bonds is 3. The molecule has 0 unspecified atom stereocenters. The number of para-hydroxylation sites is 2. The summed E-state index contributed by atoms with van der Waals surface area (Å²) in [6.07, 6.45) is 5.34. The number of hydrogen-bond acceptors (Lipinski definition) is 2. The summed E-state index contributed by atoms with van der Waals surface area (Å²) in [6, 6.07) is 21.7. The molecule has 2 aromatic rings. The highest BCUT2D eigenvalue weighted by Crippen LogP contribution is 2.32. The second-order valence-corrected chi connectivity index (χ2v) is 7.88. The predicted molar refractivity (Wildman–Crippen MR) is 113 cm³/mol. The van der Waals surface area contributed by atoms with Crippen molar-refractivity contribution >= 4 is 28.7 Å². The van der Waals surface area contributed by atoms with Crippen LogP contribution in [-0.4, -0.2) is 29.4 Å². The van der Waals surface area contributed by atoms with Gasteiger partial charge in [-0.2, -0.15) is 0 Å². The van der Waals surface area contributed by atoms with Crippen LogP contribution in [-0.2, 0) is 0 Å². The monoisotopic (exact) mass is 365 g/mol. The van der Waals surface area contributed by atoms with E-state index in [1.165, 1.54) is 37.1 Å². The topological polar surface area (TPSA) is 9.72 Å². The van der Waals surface area contributed by atoms with Crippen molar-refractivity contribution in [3.8, 4) is 0 Å². The van der Waals surface area contributed by atoms with Gasteiger partial charge >= 0.3 is 0 Å². The fourth-order valence-corrected chi connectivity index (χ4v) is 4.65. The maximum absolute atomic E-state index is 5.92. The van der Waals surface area contributed by atoms with E-state index in [9.17, 15) is 0 Å². The molecule has 0 amide bonds. The first-order valence-corrected chi connectivity index (χ1v) is 10.1. The van der Waals surface area contributed by atoms with Crippen molar-refractivity contribution < 1.29 is 0 Å². The van der Waals surface area contributed by atoms with Crippen LogP contribution in [0.5, 0.6) is 0 Å². The van der Waals surface area contributed by atoms with Crippen molar-refractivity contribution in [2.75, 3.05) is 23.1 Å². The van der Waals surface area contributed by atoms with Crippen LogP contribution >= 0.6 is 12.2 Å². The number of hydrogen-bond donors (Lipinski definition) is 0. The summed E-state index contributed by atoms with van der Waals surface area (Å²) in [5.74, 6) is 0.741. The van der Waals surface area contributed by atoms with Gasteiger partial charge in [-0.15, -0.1) is 0 Å². The molecule has 1 aliphatic heterocycles. The van der Waals surface area contributed by atoms with Crippen molar-refractivity contribution in [1.29, 1.82) is 0 Å². The van der Waals surface area contributed by atoms with E-state index in [4.69, 9.17) is 12.2 Å². The van der Waals surface area contributed by atoms with E-state index >= 15 is 0 Å². The molecule has 2 fully saturated rings. The molecule has 136 valence electrons. The second kappa shape index (κ2) is 7.77. The molecule has 0 aromatic heterocycles. The van der Waals surface area contributed by atoms with Crippen molar-refractivity contribution in [2.24, 2.45) is 5.92 Å². The standard InChI is InChI=1S/C22H27N3S/c1-18-10-8-9-15-21(18)23-16-24(19-11-4-2-5-12-19)22(26)25(17-23)20-13-6-3-7-14-20/h2-7,11-14,18,21H,8-10,15-17H2,1H3/t18-,21+/m0/s1. The van der Waals surface area contributed by atoms with Gasteiger partial charge in [0, 0.05) is 17.4 Å². The van der Waals surface area contributed by atoms with Gasteiger partial charge in [-0.3, -0.25) is 4.90 Å². The molecule has 3 nitrogen and oxygen atoms in total. The van der Waals surface area contributed by atoms with Crippen LogP contribution in [0.1, 0.15) is 32.6 Å². The lowest BCUT2D eigenvalue weighted by atomic mass is 9.85. The summed E-state index contributed by atoms with van der Waals surface area (Å²) in [6.45, 7) is 4.17. The molecule has 1 heterocycles. The molecule has 2 atom stereocenters. The molecule has 1 saturated heterocycles. The van der Waals surface area contributed by atoms with E-state index in [2.05, 4.69) is 82.3 Å². The number of benzene rings is 2. The number of anilines is 2. The molecule has 0 bridgehead atoms. The Labute approximate surface area is 162 Å². The minimum absolute atomic E-state index is 0.629. The van der Waals surface area contributed by atoms with Gasteiger partial charge in [0.05, 0.1) is 13.3 Å². The molecule has 4 heteroatoms. The van der Waals surface area contributed by atoms with Gasteiger partial charge < -0.3 is 9.80 Å². The molecule has 2 aromatic carbocycles. The highest BCUT2D eigenvalue weighted by molar-refractivity contribution is 7.80. The summed E-state index contributed by atoms with van der Waals surface area (Å²) in [7, 11) is 0. The van der Waals surface area contributed by atoms with Gasteiger partial charge in [-0.1, -0.05) is 56.2 Å². The van der Waals surface area contributed by atoms with Crippen molar-refractivity contribution in [2.45, 2.75) is 38.6 Å². The highest BCUT2D eigenvalue weighted by Gasteiger charge is 2.35. The lowest BCUT2D eigenvalue weighted by molar-refractivity contribution is 0.113. The van der Waals surface area contributed by atoms with E-state index in [1.807, 2.05) is 0 Å². The molecular weight excluding hydrogens is 338 g/mol. The normalized spacial score (nSPS) is 24.7. The van der Waals surface area contributed by atoms with Gasteiger partial charge in [0.1, 0.15) is 0 Å². The van der Waals surface area contributed by atoms with Crippen molar-refractivity contribution in [3.63, 3.8) is 0 Å². The van der Waals surface area contributed by atoms with Crippen LogP contribution < -0.4 is 9.80 Å². The van der Waals surface area contributed by atoms with Crippen LogP contribution in [0.4, 0.5) is 11.4 Å². The Morgan fingerprint density at radius 1 is 0.769 bits per heavy atom. The van der Waals surface area contributed by atoms with Crippen LogP contribution in [0, 0.1) is 5.92 Å². The van der Waals surface area contributed by atoms with Gasteiger partial charge in [-0.25, -0.2) is 0 Å². The third-order valence-corrected chi connectivity index (χ3v) is 6.22. The van der Waals surface area contributed by atoms with E-state index < -0.39 is 0 Å². The molecule has 0 N–H and O–H groups in total. The van der Waals surface area contributed by atoms with E-state index in [0.717, 1.165) is 24.4 Å². The SMILES string of the molecule is C[C@H]1CCCC[C@H]1N1CN(c2ccccc2)C(=S)N(c2ccccc2)C1. The summed E-state index contributed by atoms with van der Waals surface area (Å²) in [5, 5.41) is 0.891. The Morgan fingerprint density at radius 3 is 1.77 bits per heavy atom. The number of thiocarbonyl (C=S) groups is 1. The molecule has 2 aliphatic rings. The molecule has 4 rings (SSSR count). The first-order chi connectivity index (χ1) is 12.7. The summed E-state index contributed by atoms with van der Waals surface area (Å²) in [4.78, 5) is 7.19. The molecular formula is C22H27N3S. The third-order valence-electron chi connectivity index (χ3n) is 5.78. The third kappa shape index (κ3) is 3.49. The Kier molecular flexibility index (Phi) is 5.23. The first-order valence-electron chi connectivity index (χ1n) is 9.67. The average molecular weight is 366 g/mol. The zero-order chi connectivity index (χ0) is 17.9. The maximum Gasteiger partial charge on any atom is 0.182 e. The molecule has 0 spiro atoms. The quantitative estimate of drug-likeness (QED) is 0.700. The summed E-state index contributed by atoms with van der Waals surface area (Å²) in [5.41, 5.74) is 2.35. The first kappa shape index (κ1) is 17.5. The zero-order valence-corrected chi connectivity index (χ0v) is 16.2. The molecule has 1 aliphatic carbocycles. The fourth-order valence-electron chi connectivity index (χ4n) is 4.32. The van der Waals surface area contributed by atoms with E-state index in [0.29, 0.717) is 6.04 Å². The van der Waals surface area contributed by atoms with Gasteiger partial charge in [0.25, 0.3) is 0 Å². The Bertz CT molecular complexity index is 682. The van der Waals surface area contributed by atoms with Crippen molar-refractivity contribution in [3.05, 3.63) is 60.7 Å². The van der Waals surface area contributed by atoms with Crippen LogP contribution in [0.2, 0.25) is 0 Å². The highest BCUT2D eigenvalue weighted by atomic mass is 32.1. The fraction of sp³-hybridized carbons (Fsp3) is 0.409. The average Bonchev–Trinajstić information content (AvgIpc) is 2.70. The lowest BCUT2D eigenvalue weighted by Gasteiger charge is -2.49. The van der Waals surface area contributed by atoms with Crippen LogP contribution in [0.3, 0.4) is 0 Å². The summed E-state index contributed by atoms with van der Waals surface area (Å²) >= 11 is 5.92. The molecule has 0 radical (unpaired) electrons. The molecule has 26 heavy (non-hydrogen) atoms. The van der Waals surface area contributed by atoms with Gasteiger partial charge in [0.2, 0.25) is 0 Å². The van der Waals surface area contributed by atoms with E-state index in [1.54, 1.807) is 0 Å². The van der Waals surface area contributed by atoms with Gasteiger partial charge in [-0.05, 0) is 55.2 Å². The molecule has 1 saturated carbocycles. The maximum atomic E-state index is 5.92. The number of nitrogens with zero attached hydrogens (tertiary/aromatic N) is 3. The minimum Gasteiger partial charge on any atom is -0.305 e. The zero-order valence-electron chi connectivity index (χ0n) is 15.4. The second-order valence-electron chi connectivity index (χ2n) is 7.51. The van der Waals surface area contributed by atoms with E-state index in [-0.39, 0.29) is 0 Å². The van der Waals surface area contributed by atoms with Crippen molar-refractivity contribution in [1.82, 2.24) is 4.90 Å². The largest absolute Gasteiger partial charge is 0.305 e. The minimum atomic E-state index is 0.629. The predicted octanol–water partition coefficient (Wildman–Crippen LogP) is 5.09. The Balaban J connectivity index is 1.67. The Hall–Kier alpha value is -1.91. The summed E-state index contributed by atoms with van der Waals surface area (Å²) < 4.78 is 0. The van der Waals surface area contributed by atoms with Crippen LogP contribution in [0.25, 0.3) is 0 Å². The smallest absolute Gasteiger partial charge is 0.182 e. The van der Waals surface area contributed by atoms with Crippen LogP contribution in [0.15, 0.2) is 60.7 Å². The van der Waals surface area contributed by atoms with Gasteiger partial charge in [0.15, 0.2) is 5.11 Å². The lowest BCUT2D eigenvalue weighted by Crippen LogP contribution is -2.62.